The molecule has 0 saturated heterocycles. The van der Waals surface area contributed by atoms with Crippen molar-refractivity contribution in [3.8, 4) is 67.0 Å². The molecule has 0 amide bonds. The number of fused-ring (bicyclic) bond motifs is 6. The minimum atomic E-state index is 1.14. The molecule has 0 radical (unpaired) electrons. The first-order valence-corrected chi connectivity index (χ1v) is 21.3. The van der Waals surface area contributed by atoms with Crippen molar-refractivity contribution in [2.75, 3.05) is 0 Å². The van der Waals surface area contributed by atoms with Crippen molar-refractivity contribution in [2.24, 2.45) is 0 Å². The molecule has 2 heteroatoms. The zero-order chi connectivity index (χ0) is 41.0. The molecule has 12 aromatic rings. The second kappa shape index (κ2) is 14.8. The first kappa shape index (κ1) is 35.7. The molecule has 12 rings (SSSR count). The van der Waals surface area contributed by atoms with Crippen LogP contribution in [0.15, 0.2) is 243 Å². The van der Waals surface area contributed by atoms with Crippen LogP contribution in [0.5, 0.6) is 0 Å². The van der Waals surface area contributed by atoms with Crippen molar-refractivity contribution in [1.29, 1.82) is 0 Å². The Balaban J connectivity index is 0.970. The molecular formula is C60H40N2. The molecule has 0 atom stereocenters. The Morgan fingerprint density at radius 2 is 0.565 bits per heavy atom. The monoisotopic (exact) mass is 788 g/mol. The van der Waals surface area contributed by atoms with Crippen LogP contribution in [0.25, 0.3) is 111 Å². The lowest BCUT2D eigenvalue weighted by Crippen LogP contribution is -1.96. The summed E-state index contributed by atoms with van der Waals surface area (Å²) in [6.45, 7) is 0. The summed E-state index contributed by atoms with van der Waals surface area (Å²) >= 11 is 0. The van der Waals surface area contributed by atoms with Crippen molar-refractivity contribution < 1.29 is 0 Å². The summed E-state index contributed by atoms with van der Waals surface area (Å²) in [4.78, 5) is 0. The van der Waals surface area contributed by atoms with E-state index in [4.69, 9.17) is 0 Å². The fourth-order valence-corrected chi connectivity index (χ4v) is 9.51. The summed E-state index contributed by atoms with van der Waals surface area (Å²) in [6, 6.07) is 88.5. The van der Waals surface area contributed by atoms with Gasteiger partial charge in [0.05, 0.1) is 22.1 Å². The van der Waals surface area contributed by atoms with Crippen molar-refractivity contribution >= 4 is 43.6 Å². The minimum Gasteiger partial charge on any atom is -0.309 e. The molecule has 0 aliphatic carbocycles. The average Bonchev–Trinajstić information content (AvgIpc) is 3.87. The van der Waals surface area contributed by atoms with Gasteiger partial charge in [-0.25, -0.2) is 0 Å². The number of aromatic nitrogens is 2. The first-order valence-electron chi connectivity index (χ1n) is 21.3. The molecule has 0 aliphatic rings. The molecular weight excluding hydrogens is 749 g/mol. The van der Waals surface area contributed by atoms with Crippen LogP contribution < -0.4 is 0 Å². The van der Waals surface area contributed by atoms with Gasteiger partial charge in [0.2, 0.25) is 0 Å². The topological polar surface area (TPSA) is 9.86 Å². The van der Waals surface area contributed by atoms with Gasteiger partial charge in [-0.05, 0) is 122 Å². The van der Waals surface area contributed by atoms with Crippen LogP contribution in [0.2, 0.25) is 0 Å². The van der Waals surface area contributed by atoms with Gasteiger partial charge >= 0.3 is 0 Å². The van der Waals surface area contributed by atoms with Gasteiger partial charge in [-0.3, -0.25) is 0 Å². The van der Waals surface area contributed by atoms with Gasteiger partial charge in [0.15, 0.2) is 0 Å². The van der Waals surface area contributed by atoms with Gasteiger partial charge in [-0.15, -0.1) is 0 Å². The Morgan fingerprint density at radius 3 is 1.18 bits per heavy atom. The molecule has 290 valence electrons. The fourth-order valence-electron chi connectivity index (χ4n) is 9.51. The average molecular weight is 789 g/mol. The van der Waals surface area contributed by atoms with Crippen LogP contribution in [-0.2, 0) is 0 Å². The van der Waals surface area contributed by atoms with E-state index in [9.17, 15) is 0 Å². The summed E-state index contributed by atoms with van der Waals surface area (Å²) in [5.74, 6) is 0. The Kier molecular flexibility index (Phi) is 8.53. The summed E-state index contributed by atoms with van der Waals surface area (Å²) in [5.41, 5.74) is 19.1. The zero-order valence-corrected chi connectivity index (χ0v) is 34.0. The van der Waals surface area contributed by atoms with Crippen LogP contribution in [-0.4, -0.2) is 9.13 Å². The van der Waals surface area contributed by atoms with Gasteiger partial charge < -0.3 is 9.13 Å². The summed E-state index contributed by atoms with van der Waals surface area (Å²) in [7, 11) is 0. The van der Waals surface area contributed by atoms with Crippen molar-refractivity contribution in [3.05, 3.63) is 243 Å². The smallest absolute Gasteiger partial charge is 0.0547 e. The fraction of sp³-hybridized carbons (Fsp3) is 0. The Morgan fingerprint density at radius 1 is 0.177 bits per heavy atom. The molecule has 0 unspecified atom stereocenters. The molecule has 62 heavy (non-hydrogen) atoms. The number of rotatable bonds is 7. The molecule has 2 nitrogen and oxygen atoms in total. The van der Waals surface area contributed by atoms with Gasteiger partial charge in [-0.2, -0.15) is 0 Å². The molecule has 10 aromatic carbocycles. The Hall–Kier alpha value is -8.20. The molecule has 0 fully saturated rings. The summed E-state index contributed by atoms with van der Waals surface area (Å²) < 4.78 is 4.85. The van der Waals surface area contributed by atoms with E-state index in [1.54, 1.807) is 0 Å². The Labute approximate surface area is 360 Å². The first-order chi connectivity index (χ1) is 30.7. The van der Waals surface area contributed by atoms with E-state index in [1.165, 1.54) is 99.2 Å². The highest BCUT2D eigenvalue weighted by Crippen LogP contribution is 2.40. The number of para-hydroxylation sites is 2. The third-order valence-corrected chi connectivity index (χ3v) is 12.5. The van der Waals surface area contributed by atoms with Gasteiger partial charge in [0, 0.05) is 32.9 Å². The quantitative estimate of drug-likeness (QED) is 0.152. The lowest BCUT2D eigenvalue weighted by atomic mass is 9.97. The van der Waals surface area contributed by atoms with E-state index in [-0.39, 0.29) is 0 Å². The maximum Gasteiger partial charge on any atom is 0.0547 e. The van der Waals surface area contributed by atoms with Crippen molar-refractivity contribution in [1.82, 2.24) is 9.13 Å². The highest BCUT2D eigenvalue weighted by Gasteiger charge is 2.17. The highest BCUT2D eigenvalue weighted by molar-refractivity contribution is 6.12. The summed E-state index contributed by atoms with van der Waals surface area (Å²) in [5, 5.41) is 4.98. The standard InChI is InChI=1S/C60H40N2/c1-4-15-41(16-5-1)44-27-31-51(32-28-44)61-58-26-13-11-24-54(58)56-39-47(30-34-59(56)61)45-21-14-22-46(35-45)48-29-33-55-53-23-10-12-25-57(53)62(60(55)40-48)52-37-49(42-17-6-2-7-18-42)36-50(38-52)43-19-8-3-9-20-43/h1-40H. The van der Waals surface area contributed by atoms with Crippen LogP contribution in [0.3, 0.4) is 0 Å². The molecule has 0 aliphatic heterocycles. The van der Waals surface area contributed by atoms with Crippen LogP contribution in [0, 0.1) is 0 Å². The van der Waals surface area contributed by atoms with E-state index in [1.807, 2.05) is 0 Å². The lowest BCUT2D eigenvalue weighted by Gasteiger charge is -2.14. The van der Waals surface area contributed by atoms with Gasteiger partial charge in [0.25, 0.3) is 0 Å². The Bertz CT molecular complexity index is 3540. The number of benzene rings is 10. The predicted octanol–water partition coefficient (Wildman–Crippen LogP) is 16.2. The second-order valence-electron chi connectivity index (χ2n) is 16.2. The lowest BCUT2D eigenvalue weighted by molar-refractivity contribution is 1.18. The normalized spacial score (nSPS) is 11.5. The maximum absolute atomic E-state index is 2.45. The minimum absolute atomic E-state index is 1.14. The van der Waals surface area contributed by atoms with Gasteiger partial charge in [-0.1, -0.05) is 176 Å². The van der Waals surface area contributed by atoms with Crippen LogP contribution in [0.1, 0.15) is 0 Å². The molecule has 0 spiro atoms. The maximum atomic E-state index is 2.45. The number of hydrogen-bond acceptors (Lipinski definition) is 0. The van der Waals surface area contributed by atoms with Crippen LogP contribution in [0.4, 0.5) is 0 Å². The SMILES string of the molecule is c1ccc(-c2ccc(-n3c4ccccc4c4cc(-c5cccc(-c6ccc7c8ccccc8n(-c8cc(-c9ccccc9)cc(-c9ccccc9)c8)c7c6)c5)ccc43)cc2)cc1. The number of hydrogen-bond donors (Lipinski definition) is 0. The van der Waals surface area contributed by atoms with E-state index < -0.39 is 0 Å². The third kappa shape index (κ3) is 6.12. The third-order valence-electron chi connectivity index (χ3n) is 12.5. The summed E-state index contributed by atoms with van der Waals surface area (Å²) in [6.07, 6.45) is 0. The number of nitrogens with zero attached hydrogens (tertiary/aromatic N) is 2. The molecule has 0 saturated carbocycles. The van der Waals surface area contributed by atoms with E-state index in [2.05, 4.69) is 252 Å². The van der Waals surface area contributed by atoms with E-state index in [0.717, 1.165) is 11.4 Å². The zero-order valence-electron chi connectivity index (χ0n) is 34.0. The van der Waals surface area contributed by atoms with Gasteiger partial charge in [0.1, 0.15) is 0 Å². The molecule has 0 bridgehead atoms. The van der Waals surface area contributed by atoms with Crippen molar-refractivity contribution in [3.63, 3.8) is 0 Å². The van der Waals surface area contributed by atoms with Crippen molar-refractivity contribution in [2.45, 2.75) is 0 Å². The second-order valence-corrected chi connectivity index (χ2v) is 16.2. The van der Waals surface area contributed by atoms with E-state index in [0.29, 0.717) is 0 Å². The largest absolute Gasteiger partial charge is 0.309 e. The molecule has 2 heterocycles. The molecule has 0 N–H and O–H groups in total. The van der Waals surface area contributed by atoms with E-state index >= 15 is 0 Å². The highest BCUT2D eigenvalue weighted by atomic mass is 15.0. The van der Waals surface area contributed by atoms with Crippen LogP contribution >= 0.6 is 0 Å². The predicted molar refractivity (Wildman–Crippen MR) is 262 cm³/mol. The molecule has 2 aromatic heterocycles.